The van der Waals surface area contributed by atoms with Crippen LogP contribution in [-0.4, -0.2) is 41.6 Å². The van der Waals surface area contributed by atoms with Crippen molar-refractivity contribution in [2.75, 3.05) is 18.9 Å². The number of hydrogen-bond donors (Lipinski definition) is 3. The van der Waals surface area contributed by atoms with Crippen LogP contribution in [0.4, 0.5) is 10.5 Å². The smallest absolute Gasteiger partial charge is 0.322 e. The SMILES string of the molecule is CC(C)NC(=O)CN(C)C(=O)Nc1ccc(C(C)O)cc1. The molecule has 0 bridgehead atoms. The Morgan fingerprint density at radius 2 is 1.76 bits per heavy atom. The zero-order valence-corrected chi connectivity index (χ0v) is 12.9. The molecule has 1 aromatic rings. The van der Waals surface area contributed by atoms with Gasteiger partial charge in [0.15, 0.2) is 0 Å². The second kappa shape index (κ2) is 7.64. The number of rotatable bonds is 5. The van der Waals surface area contributed by atoms with Crippen molar-refractivity contribution in [1.29, 1.82) is 0 Å². The van der Waals surface area contributed by atoms with Crippen LogP contribution in [-0.2, 0) is 4.79 Å². The Kier molecular flexibility index (Phi) is 6.17. The summed E-state index contributed by atoms with van der Waals surface area (Å²) >= 11 is 0. The van der Waals surface area contributed by atoms with Crippen LogP contribution in [0.2, 0.25) is 0 Å². The van der Waals surface area contributed by atoms with E-state index in [0.717, 1.165) is 5.56 Å². The monoisotopic (exact) mass is 293 g/mol. The van der Waals surface area contributed by atoms with Crippen LogP contribution in [0.3, 0.4) is 0 Å². The van der Waals surface area contributed by atoms with Gasteiger partial charge in [0, 0.05) is 18.8 Å². The minimum absolute atomic E-state index is 0.00420. The van der Waals surface area contributed by atoms with Crippen LogP contribution < -0.4 is 10.6 Å². The summed E-state index contributed by atoms with van der Waals surface area (Å²) in [5, 5.41) is 14.8. The molecule has 6 heteroatoms. The fourth-order valence-corrected chi connectivity index (χ4v) is 1.72. The van der Waals surface area contributed by atoms with Crippen molar-refractivity contribution in [2.24, 2.45) is 0 Å². The predicted octanol–water partition coefficient (Wildman–Crippen LogP) is 1.73. The maximum atomic E-state index is 11.9. The van der Waals surface area contributed by atoms with E-state index in [1.165, 1.54) is 4.90 Å². The molecule has 21 heavy (non-hydrogen) atoms. The normalized spacial score (nSPS) is 11.9. The van der Waals surface area contributed by atoms with E-state index in [-0.39, 0.29) is 24.5 Å². The molecular formula is C15H23N3O3. The quantitative estimate of drug-likeness (QED) is 0.773. The lowest BCUT2D eigenvalue weighted by Crippen LogP contribution is -2.42. The molecule has 0 aromatic heterocycles. The van der Waals surface area contributed by atoms with Crippen LogP contribution >= 0.6 is 0 Å². The number of likely N-dealkylation sites (N-methyl/N-ethyl adjacent to an activating group) is 1. The first-order valence-corrected chi connectivity index (χ1v) is 6.89. The van der Waals surface area contributed by atoms with E-state index in [0.29, 0.717) is 5.69 Å². The molecule has 116 valence electrons. The van der Waals surface area contributed by atoms with Gasteiger partial charge in [0.05, 0.1) is 6.10 Å². The Morgan fingerprint density at radius 1 is 1.19 bits per heavy atom. The number of anilines is 1. The van der Waals surface area contributed by atoms with E-state index < -0.39 is 6.10 Å². The number of nitrogens with zero attached hydrogens (tertiary/aromatic N) is 1. The number of aliphatic hydroxyl groups excluding tert-OH is 1. The summed E-state index contributed by atoms with van der Waals surface area (Å²) in [6.07, 6.45) is -0.544. The molecule has 1 rings (SSSR count). The average Bonchev–Trinajstić information content (AvgIpc) is 2.38. The molecule has 0 aliphatic heterocycles. The minimum atomic E-state index is -0.544. The maximum absolute atomic E-state index is 11.9. The molecule has 1 unspecified atom stereocenters. The number of amides is 3. The molecule has 1 aromatic carbocycles. The van der Waals surface area contributed by atoms with Gasteiger partial charge >= 0.3 is 6.03 Å². The lowest BCUT2D eigenvalue weighted by atomic mass is 10.1. The first kappa shape index (κ1) is 17.0. The topological polar surface area (TPSA) is 81.7 Å². The zero-order valence-electron chi connectivity index (χ0n) is 12.9. The van der Waals surface area contributed by atoms with Crippen LogP contribution in [0.1, 0.15) is 32.4 Å². The third-order valence-corrected chi connectivity index (χ3v) is 2.82. The van der Waals surface area contributed by atoms with Gasteiger partial charge in [-0.05, 0) is 38.5 Å². The zero-order chi connectivity index (χ0) is 16.0. The van der Waals surface area contributed by atoms with E-state index in [1.54, 1.807) is 38.2 Å². The Morgan fingerprint density at radius 3 is 2.24 bits per heavy atom. The summed E-state index contributed by atoms with van der Waals surface area (Å²) in [5.74, 6) is -0.202. The van der Waals surface area contributed by atoms with Crippen LogP contribution in [0.25, 0.3) is 0 Å². The number of benzene rings is 1. The lowest BCUT2D eigenvalue weighted by molar-refractivity contribution is -0.121. The first-order chi connectivity index (χ1) is 9.79. The highest BCUT2D eigenvalue weighted by Gasteiger charge is 2.13. The summed E-state index contributed by atoms with van der Waals surface area (Å²) < 4.78 is 0. The number of nitrogens with one attached hydrogen (secondary N) is 2. The number of carbonyl (C=O) groups is 2. The molecule has 0 fully saturated rings. The van der Waals surface area contributed by atoms with Crippen molar-refractivity contribution in [3.8, 4) is 0 Å². The standard InChI is InChI=1S/C15H23N3O3/c1-10(2)16-14(20)9-18(4)15(21)17-13-7-5-12(6-8-13)11(3)19/h5-8,10-11,19H,9H2,1-4H3,(H,16,20)(H,17,21). The molecule has 0 aliphatic rings. The van der Waals surface area contributed by atoms with Gasteiger partial charge in [-0.15, -0.1) is 0 Å². The molecule has 0 spiro atoms. The largest absolute Gasteiger partial charge is 0.389 e. The third-order valence-electron chi connectivity index (χ3n) is 2.82. The van der Waals surface area contributed by atoms with Crippen molar-refractivity contribution in [1.82, 2.24) is 10.2 Å². The average molecular weight is 293 g/mol. The van der Waals surface area contributed by atoms with Gasteiger partial charge in [0.2, 0.25) is 5.91 Å². The van der Waals surface area contributed by atoms with Crippen LogP contribution in [0.5, 0.6) is 0 Å². The van der Waals surface area contributed by atoms with E-state index >= 15 is 0 Å². The number of urea groups is 1. The highest BCUT2D eigenvalue weighted by molar-refractivity contribution is 5.92. The number of hydrogen-bond acceptors (Lipinski definition) is 3. The molecule has 3 N–H and O–H groups in total. The second-order valence-electron chi connectivity index (χ2n) is 5.31. The molecule has 0 radical (unpaired) electrons. The Labute approximate surface area is 125 Å². The van der Waals surface area contributed by atoms with Crippen molar-refractivity contribution in [3.05, 3.63) is 29.8 Å². The number of aliphatic hydroxyl groups is 1. The Balaban J connectivity index is 2.53. The highest BCUT2D eigenvalue weighted by Crippen LogP contribution is 2.15. The third kappa shape index (κ3) is 5.83. The van der Waals surface area contributed by atoms with Crippen molar-refractivity contribution in [2.45, 2.75) is 32.9 Å². The van der Waals surface area contributed by atoms with Gasteiger partial charge in [-0.1, -0.05) is 12.1 Å². The summed E-state index contributed by atoms with van der Waals surface area (Å²) in [6.45, 7) is 5.40. The van der Waals surface area contributed by atoms with Gasteiger partial charge in [0.25, 0.3) is 0 Å². The van der Waals surface area contributed by atoms with Gasteiger partial charge in [-0.3, -0.25) is 4.79 Å². The molecule has 0 saturated carbocycles. The lowest BCUT2D eigenvalue weighted by Gasteiger charge is -2.18. The molecule has 1 atom stereocenters. The summed E-state index contributed by atoms with van der Waals surface area (Å²) in [4.78, 5) is 24.8. The summed E-state index contributed by atoms with van der Waals surface area (Å²) in [7, 11) is 1.55. The van der Waals surface area contributed by atoms with Crippen molar-refractivity contribution in [3.63, 3.8) is 0 Å². The minimum Gasteiger partial charge on any atom is -0.389 e. The Bertz CT molecular complexity index is 483. The van der Waals surface area contributed by atoms with E-state index in [2.05, 4.69) is 10.6 Å². The van der Waals surface area contributed by atoms with E-state index in [4.69, 9.17) is 0 Å². The molecule has 6 nitrogen and oxygen atoms in total. The molecule has 0 aliphatic carbocycles. The van der Waals surface area contributed by atoms with Crippen molar-refractivity contribution < 1.29 is 14.7 Å². The molecule has 3 amide bonds. The highest BCUT2D eigenvalue weighted by atomic mass is 16.3. The van der Waals surface area contributed by atoms with Gasteiger partial charge in [-0.25, -0.2) is 4.79 Å². The van der Waals surface area contributed by atoms with Gasteiger partial charge < -0.3 is 20.6 Å². The second-order valence-corrected chi connectivity index (χ2v) is 5.31. The Hall–Kier alpha value is -2.08. The van der Waals surface area contributed by atoms with Gasteiger partial charge in [-0.2, -0.15) is 0 Å². The van der Waals surface area contributed by atoms with E-state index in [9.17, 15) is 14.7 Å². The van der Waals surface area contributed by atoms with E-state index in [1.807, 2.05) is 13.8 Å². The predicted molar refractivity (Wildman–Crippen MR) is 82.0 cm³/mol. The van der Waals surface area contributed by atoms with Crippen molar-refractivity contribution >= 4 is 17.6 Å². The summed E-state index contributed by atoms with van der Waals surface area (Å²) in [6, 6.07) is 6.59. The van der Waals surface area contributed by atoms with Crippen LogP contribution in [0.15, 0.2) is 24.3 Å². The van der Waals surface area contributed by atoms with Crippen LogP contribution in [0, 0.1) is 0 Å². The maximum Gasteiger partial charge on any atom is 0.322 e. The summed E-state index contributed by atoms with van der Waals surface area (Å²) in [5.41, 5.74) is 1.39. The fourth-order valence-electron chi connectivity index (χ4n) is 1.72. The molecule has 0 heterocycles. The number of carbonyl (C=O) groups excluding carboxylic acids is 2. The molecule has 0 saturated heterocycles. The van der Waals surface area contributed by atoms with Gasteiger partial charge in [0.1, 0.15) is 6.54 Å². The fraction of sp³-hybridized carbons (Fsp3) is 0.467. The first-order valence-electron chi connectivity index (χ1n) is 6.89. The molecular weight excluding hydrogens is 270 g/mol.